The van der Waals surface area contributed by atoms with Crippen LogP contribution in [0.2, 0.25) is 0 Å². The molecular formula is C7H15O2Pt-. The Labute approximate surface area is 77.5 Å². The Hall–Kier alpha value is 0.608. The molecule has 1 aliphatic heterocycles. The summed E-state index contributed by atoms with van der Waals surface area (Å²) >= 11 is 0. The largest absolute Gasteiger partial charge is 0.353 e. The number of ether oxygens (including phenoxy) is 2. The monoisotopic (exact) mass is 326 g/mol. The maximum absolute atomic E-state index is 4.72. The zero-order valence-electron chi connectivity index (χ0n) is 6.75. The molecule has 0 spiro atoms. The van der Waals surface area contributed by atoms with Crippen molar-refractivity contribution in [2.24, 2.45) is 0 Å². The van der Waals surface area contributed by atoms with Gasteiger partial charge in [-0.15, -0.1) is 0 Å². The summed E-state index contributed by atoms with van der Waals surface area (Å²) in [4.78, 5) is 0. The van der Waals surface area contributed by atoms with Crippen LogP contribution in [0.3, 0.4) is 0 Å². The molecule has 1 aliphatic rings. The van der Waals surface area contributed by atoms with Gasteiger partial charge in [-0.3, -0.25) is 0 Å². The molecule has 0 aromatic rings. The van der Waals surface area contributed by atoms with E-state index in [0.29, 0.717) is 6.79 Å². The molecule has 0 aromatic carbocycles. The third kappa shape index (κ3) is 15.8. The van der Waals surface area contributed by atoms with Crippen molar-refractivity contribution in [3.05, 3.63) is 5.92 Å². The molecule has 1 fully saturated rings. The molecule has 1 rings (SSSR count). The van der Waals surface area contributed by atoms with E-state index in [2.05, 4.69) is 20.8 Å². The Bertz CT molecular complexity index is 43.2. The molecule has 0 amide bonds. The second-order valence-corrected chi connectivity index (χ2v) is 2.43. The zero-order valence-corrected chi connectivity index (χ0v) is 9.03. The van der Waals surface area contributed by atoms with Gasteiger partial charge in [0.05, 0.1) is 13.2 Å². The smallest absolute Gasteiger partial charge is 0.146 e. The summed E-state index contributed by atoms with van der Waals surface area (Å²) in [6, 6.07) is 0. The van der Waals surface area contributed by atoms with E-state index < -0.39 is 0 Å². The van der Waals surface area contributed by atoms with E-state index in [1.54, 1.807) is 0 Å². The molecule has 1 heterocycles. The van der Waals surface area contributed by atoms with Crippen LogP contribution in [-0.4, -0.2) is 20.0 Å². The molecule has 66 valence electrons. The van der Waals surface area contributed by atoms with E-state index in [4.69, 9.17) is 9.47 Å². The summed E-state index contributed by atoms with van der Waals surface area (Å²) in [7, 11) is 0. The molecule has 0 radical (unpaired) electrons. The van der Waals surface area contributed by atoms with Gasteiger partial charge in [0.25, 0.3) is 0 Å². The minimum absolute atomic E-state index is 0. The predicted molar refractivity (Wildman–Crippen MR) is 37.0 cm³/mol. The van der Waals surface area contributed by atoms with Crippen molar-refractivity contribution in [2.45, 2.75) is 20.8 Å². The molecule has 2 nitrogen and oxygen atoms in total. The van der Waals surface area contributed by atoms with Crippen molar-refractivity contribution in [1.82, 2.24) is 0 Å². The van der Waals surface area contributed by atoms with Crippen LogP contribution in [0.15, 0.2) is 0 Å². The van der Waals surface area contributed by atoms with Gasteiger partial charge in [0.1, 0.15) is 6.79 Å². The van der Waals surface area contributed by atoms with Crippen LogP contribution >= 0.6 is 0 Å². The van der Waals surface area contributed by atoms with Crippen molar-refractivity contribution >= 4 is 0 Å². The minimum Gasteiger partial charge on any atom is -0.353 e. The second-order valence-electron chi connectivity index (χ2n) is 2.43. The van der Waals surface area contributed by atoms with Crippen molar-refractivity contribution in [3.63, 3.8) is 0 Å². The quantitative estimate of drug-likeness (QED) is 0.630. The zero-order chi connectivity index (χ0) is 7.11. The molecule has 0 aliphatic carbocycles. The van der Waals surface area contributed by atoms with Gasteiger partial charge >= 0.3 is 0 Å². The molecule has 0 unspecified atom stereocenters. The molecular weight excluding hydrogens is 311 g/mol. The van der Waals surface area contributed by atoms with Crippen LogP contribution < -0.4 is 0 Å². The number of hydrogen-bond acceptors (Lipinski definition) is 2. The van der Waals surface area contributed by atoms with Crippen molar-refractivity contribution in [3.8, 4) is 0 Å². The Morgan fingerprint density at radius 2 is 1.30 bits per heavy atom. The predicted octanol–water partition coefficient (Wildman–Crippen LogP) is 1.61. The fourth-order valence-electron chi connectivity index (χ4n) is 0.295. The first-order valence-corrected chi connectivity index (χ1v) is 3.15. The first-order valence-electron chi connectivity index (χ1n) is 3.15. The van der Waals surface area contributed by atoms with Crippen LogP contribution in [-0.2, 0) is 30.5 Å². The van der Waals surface area contributed by atoms with Gasteiger partial charge in [-0.25, -0.2) is 0 Å². The second kappa shape index (κ2) is 9.61. The standard InChI is InChI=1S/C4H9.C3H6O2.Pt/c1-4(2)3;1-2-5-3-4-1;/h1-3H3;1-3H2;/q-1;;. The van der Waals surface area contributed by atoms with Gasteiger partial charge in [0.2, 0.25) is 0 Å². The third-order valence-corrected chi connectivity index (χ3v) is 0.539. The molecule has 1 saturated heterocycles. The summed E-state index contributed by atoms with van der Waals surface area (Å²) in [6.45, 7) is 8.31. The molecule has 0 N–H and O–H groups in total. The fraction of sp³-hybridized carbons (Fsp3) is 0.857. The topological polar surface area (TPSA) is 18.5 Å². The van der Waals surface area contributed by atoms with Gasteiger partial charge in [0.15, 0.2) is 0 Å². The van der Waals surface area contributed by atoms with Gasteiger partial charge in [-0.05, 0) is 0 Å². The van der Waals surface area contributed by atoms with E-state index in [9.17, 15) is 0 Å². The van der Waals surface area contributed by atoms with Crippen LogP contribution in [0, 0.1) is 5.92 Å². The first-order chi connectivity index (χ1) is 4.23. The summed E-state index contributed by atoms with van der Waals surface area (Å²) in [5, 5.41) is 0. The maximum Gasteiger partial charge on any atom is 0.146 e. The Kier molecular flexibility index (Phi) is 12.7. The fourth-order valence-corrected chi connectivity index (χ4v) is 0.295. The van der Waals surface area contributed by atoms with Crippen molar-refractivity contribution < 1.29 is 30.5 Å². The van der Waals surface area contributed by atoms with Crippen LogP contribution in [0.25, 0.3) is 0 Å². The Balaban J connectivity index is 0. The van der Waals surface area contributed by atoms with Crippen LogP contribution in [0.1, 0.15) is 20.8 Å². The van der Waals surface area contributed by atoms with Crippen molar-refractivity contribution in [2.75, 3.05) is 20.0 Å². The van der Waals surface area contributed by atoms with Gasteiger partial charge in [-0.2, -0.15) is 20.8 Å². The van der Waals surface area contributed by atoms with E-state index in [1.165, 1.54) is 5.92 Å². The summed E-state index contributed by atoms with van der Waals surface area (Å²) in [5.41, 5.74) is 0. The van der Waals surface area contributed by atoms with E-state index in [1.807, 2.05) is 0 Å². The van der Waals surface area contributed by atoms with Gasteiger partial charge in [0, 0.05) is 21.1 Å². The number of rotatable bonds is 0. The maximum atomic E-state index is 4.72. The van der Waals surface area contributed by atoms with Crippen LogP contribution in [0.4, 0.5) is 0 Å². The van der Waals surface area contributed by atoms with Gasteiger partial charge < -0.3 is 15.4 Å². The summed E-state index contributed by atoms with van der Waals surface area (Å²) in [5.74, 6) is 1.42. The molecule has 0 aromatic heterocycles. The third-order valence-electron chi connectivity index (χ3n) is 0.539. The molecule has 10 heavy (non-hydrogen) atoms. The minimum atomic E-state index is 0. The van der Waals surface area contributed by atoms with Gasteiger partial charge in [-0.1, -0.05) is 0 Å². The average Bonchev–Trinajstić information content (AvgIpc) is 2.11. The van der Waals surface area contributed by atoms with E-state index >= 15 is 0 Å². The number of hydrogen-bond donors (Lipinski definition) is 0. The van der Waals surface area contributed by atoms with E-state index in [0.717, 1.165) is 13.2 Å². The Morgan fingerprint density at radius 3 is 1.40 bits per heavy atom. The molecule has 0 bridgehead atoms. The van der Waals surface area contributed by atoms with Crippen molar-refractivity contribution in [1.29, 1.82) is 0 Å². The molecule has 0 saturated carbocycles. The first kappa shape index (κ1) is 13.2. The normalized spacial score (nSPS) is 15.6. The summed E-state index contributed by atoms with van der Waals surface area (Å²) in [6.07, 6.45) is 0. The SMILES string of the molecule is C1COCO1.C[C-](C)C.[Pt]. The van der Waals surface area contributed by atoms with Crippen LogP contribution in [0.5, 0.6) is 0 Å². The van der Waals surface area contributed by atoms with E-state index in [-0.39, 0.29) is 21.1 Å². The average molecular weight is 326 g/mol. The molecule has 3 heteroatoms. The molecule has 0 atom stereocenters. The summed E-state index contributed by atoms with van der Waals surface area (Å²) < 4.78 is 9.44. The Morgan fingerprint density at radius 1 is 1.00 bits per heavy atom.